The maximum absolute atomic E-state index is 13.4. The molecular weight excluding hydrogens is 405 g/mol. The third-order valence-corrected chi connectivity index (χ3v) is 5.28. The lowest BCUT2D eigenvalue weighted by Gasteiger charge is -2.15. The monoisotopic (exact) mass is 429 g/mol. The summed E-state index contributed by atoms with van der Waals surface area (Å²) in [5, 5.41) is 3.65. The van der Waals surface area contributed by atoms with E-state index in [1.807, 2.05) is 57.2 Å². The number of hydrogen-bond acceptors (Lipinski definition) is 3. The van der Waals surface area contributed by atoms with Crippen LogP contribution in [-0.2, 0) is 4.79 Å². The van der Waals surface area contributed by atoms with Gasteiger partial charge >= 0.3 is 0 Å². The first-order valence-electron chi connectivity index (χ1n) is 10.5. The summed E-state index contributed by atoms with van der Waals surface area (Å²) in [6.45, 7) is 6.21. The lowest BCUT2D eigenvalue weighted by molar-refractivity contribution is -0.111. The first-order chi connectivity index (χ1) is 15.5. The minimum absolute atomic E-state index is 0.344. The van der Waals surface area contributed by atoms with E-state index in [1.165, 1.54) is 18.2 Å². The molecule has 0 aliphatic heterocycles. The van der Waals surface area contributed by atoms with Gasteiger partial charge < -0.3 is 14.5 Å². The van der Waals surface area contributed by atoms with Gasteiger partial charge in [0, 0.05) is 33.8 Å². The summed E-state index contributed by atoms with van der Waals surface area (Å²) in [6.07, 6.45) is 3.25. The second kappa shape index (κ2) is 9.10. The predicted molar refractivity (Wildman–Crippen MR) is 126 cm³/mol. The highest BCUT2D eigenvalue weighted by Crippen LogP contribution is 2.40. The van der Waals surface area contributed by atoms with Crippen molar-refractivity contribution in [1.82, 2.24) is 0 Å². The quantitative estimate of drug-likeness (QED) is 0.336. The van der Waals surface area contributed by atoms with Crippen LogP contribution in [0.2, 0.25) is 0 Å². The molecule has 0 spiro atoms. The molecular formula is C27H24FNO3. The first-order valence-corrected chi connectivity index (χ1v) is 10.5. The highest BCUT2D eigenvalue weighted by molar-refractivity contribution is 6.06. The molecule has 0 saturated carbocycles. The number of carbonyl (C=O) groups is 1. The number of halogens is 1. The van der Waals surface area contributed by atoms with Gasteiger partial charge in [-0.05, 0) is 56.2 Å². The third kappa shape index (κ3) is 4.28. The topological polar surface area (TPSA) is 51.5 Å². The highest BCUT2D eigenvalue weighted by atomic mass is 19.1. The van der Waals surface area contributed by atoms with E-state index in [4.69, 9.17) is 9.15 Å². The van der Waals surface area contributed by atoms with Crippen molar-refractivity contribution in [3.8, 4) is 16.9 Å². The summed E-state index contributed by atoms with van der Waals surface area (Å²) in [4.78, 5) is 12.6. The van der Waals surface area contributed by atoms with Gasteiger partial charge in [0.25, 0.3) is 0 Å². The van der Waals surface area contributed by atoms with Crippen LogP contribution in [0.4, 0.5) is 10.1 Å². The number of fused-ring (bicyclic) bond motifs is 1. The molecule has 4 nitrogen and oxygen atoms in total. The van der Waals surface area contributed by atoms with Gasteiger partial charge in [0.1, 0.15) is 17.1 Å². The number of ether oxygens (including phenoxy) is 1. The lowest BCUT2D eigenvalue weighted by Crippen LogP contribution is -2.09. The Morgan fingerprint density at radius 2 is 1.91 bits per heavy atom. The predicted octanol–water partition coefficient (Wildman–Crippen LogP) is 6.99. The molecule has 0 unspecified atom stereocenters. The zero-order valence-corrected chi connectivity index (χ0v) is 18.2. The fourth-order valence-corrected chi connectivity index (χ4v) is 3.80. The molecule has 5 heteroatoms. The van der Waals surface area contributed by atoms with Crippen LogP contribution in [0.15, 0.2) is 77.4 Å². The van der Waals surface area contributed by atoms with Crippen LogP contribution in [0.3, 0.4) is 0 Å². The molecule has 1 aromatic heterocycles. The number of amides is 1. The number of nitrogens with one attached hydrogen (secondary N) is 1. The van der Waals surface area contributed by atoms with Gasteiger partial charge in [0.2, 0.25) is 5.91 Å². The smallest absolute Gasteiger partial charge is 0.248 e. The average molecular weight is 429 g/mol. The molecule has 1 amide bonds. The molecule has 1 N–H and O–H groups in total. The summed E-state index contributed by atoms with van der Waals surface area (Å²) in [5.41, 5.74) is 5.60. The van der Waals surface area contributed by atoms with Crippen LogP contribution < -0.4 is 10.1 Å². The summed E-state index contributed by atoms with van der Waals surface area (Å²) in [7, 11) is 0. The van der Waals surface area contributed by atoms with Crippen LogP contribution in [-0.4, -0.2) is 12.5 Å². The first kappa shape index (κ1) is 21.4. The summed E-state index contributed by atoms with van der Waals surface area (Å²) >= 11 is 0. The van der Waals surface area contributed by atoms with E-state index in [1.54, 1.807) is 18.4 Å². The molecule has 0 saturated heterocycles. The SMILES string of the molecule is CCOc1c(/C(C)=C/C(=O)Nc2cccc(F)c2)cc2c(-c3ccccc3)coc2c1C. The number of furan rings is 1. The zero-order valence-electron chi connectivity index (χ0n) is 18.2. The van der Waals surface area contributed by atoms with E-state index in [2.05, 4.69) is 5.32 Å². The average Bonchev–Trinajstić information content (AvgIpc) is 3.20. The molecule has 1 heterocycles. The van der Waals surface area contributed by atoms with Crippen molar-refractivity contribution in [3.05, 3.63) is 89.9 Å². The molecule has 3 aromatic carbocycles. The Balaban J connectivity index is 1.78. The van der Waals surface area contributed by atoms with Gasteiger partial charge in [0.15, 0.2) is 0 Å². The Morgan fingerprint density at radius 3 is 2.62 bits per heavy atom. The standard InChI is InChI=1S/C27H24FNO3/c1-4-31-26-18(3)27-23(24(16-32-27)19-9-6-5-7-10-19)15-22(26)17(2)13-25(30)29-21-12-8-11-20(28)14-21/h5-16H,4H2,1-3H3,(H,29,30)/b17-13+. The van der Waals surface area contributed by atoms with Crippen molar-refractivity contribution in [2.75, 3.05) is 11.9 Å². The maximum Gasteiger partial charge on any atom is 0.248 e. The number of allylic oxidation sites excluding steroid dienone is 1. The number of hydrogen-bond donors (Lipinski definition) is 1. The minimum Gasteiger partial charge on any atom is -0.493 e. The molecule has 4 rings (SSSR count). The van der Waals surface area contributed by atoms with Gasteiger partial charge in [-0.3, -0.25) is 4.79 Å². The van der Waals surface area contributed by atoms with Gasteiger partial charge in [-0.15, -0.1) is 0 Å². The van der Waals surface area contributed by atoms with E-state index in [9.17, 15) is 9.18 Å². The van der Waals surface area contributed by atoms with Crippen molar-refractivity contribution in [3.63, 3.8) is 0 Å². The Morgan fingerprint density at radius 1 is 1.12 bits per heavy atom. The summed E-state index contributed by atoms with van der Waals surface area (Å²) in [5.74, 6) is -0.0679. The number of aryl methyl sites for hydroxylation is 1. The molecule has 0 aliphatic rings. The summed E-state index contributed by atoms with van der Waals surface area (Å²) in [6, 6.07) is 17.8. The van der Waals surface area contributed by atoms with Crippen LogP contribution in [0.1, 0.15) is 25.0 Å². The third-order valence-electron chi connectivity index (χ3n) is 5.28. The van der Waals surface area contributed by atoms with Crippen LogP contribution in [0.25, 0.3) is 27.7 Å². The normalized spacial score (nSPS) is 11.6. The zero-order chi connectivity index (χ0) is 22.7. The number of benzene rings is 3. The molecule has 0 fully saturated rings. The van der Waals surface area contributed by atoms with Crippen molar-refractivity contribution >= 4 is 28.1 Å². The molecule has 0 radical (unpaired) electrons. The number of anilines is 1. The second-order valence-corrected chi connectivity index (χ2v) is 7.53. The van der Waals surface area contributed by atoms with Gasteiger partial charge in [-0.1, -0.05) is 36.4 Å². The van der Waals surface area contributed by atoms with E-state index < -0.39 is 5.82 Å². The Bertz CT molecular complexity index is 1310. The molecule has 0 bridgehead atoms. The van der Waals surface area contributed by atoms with Crippen molar-refractivity contribution < 1.29 is 18.3 Å². The lowest BCUT2D eigenvalue weighted by atomic mass is 9.96. The van der Waals surface area contributed by atoms with E-state index in [0.717, 1.165) is 38.8 Å². The molecule has 4 aromatic rings. The Kier molecular flexibility index (Phi) is 6.08. The Hall–Kier alpha value is -3.86. The highest BCUT2D eigenvalue weighted by Gasteiger charge is 2.19. The molecule has 0 atom stereocenters. The van der Waals surface area contributed by atoms with Crippen molar-refractivity contribution in [1.29, 1.82) is 0 Å². The fourth-order valence-electron chi connectivity index (χ4n) is 3.80. The van der Waals surface area contributed by atoms with Crippen LogP contribution >= 0.6 is 0 Å². The van der Waals surface area contributed by atoms with Gasteiger partial charge in [-0.25, -0.2) is 4.39 Å². The van der Waals surface area contributed by atoms with E-state index in [-0.39, 0.29) is 5.91 Å². The van der Waals surface area contributed by atoms with Gasteiger partial charge in [-0.2, -0.15) is 0 Å². The number of carbonyl (C=O) groups excluding carboxylic acids is 1. The van der Waals surface area contributed by atoms with Crippen LogP contribution in [0, 0.1) is 12.7 Å². The van der Waals surface area contributed by atoms with E-state index >= 15 is 0 Å². The van der Waals surface area contributed by atoms with Crippen molar-refractivity contribution in [2.45, 2.75) is 20.8 Å². The second-order valence-electron chi connectivity index (χ2n) is 7.53. The molecule has 32 heavy (non-hydrogen) atoms. The minimum atomic E-state index is -0.406. The Labute approximate surface area is 186 Å². The maximum atomic E-state index is 13.4. The number of rotatable bonds is 6. The van der Waals surface area contributed by atoms with Gasteiger partial charge in [0.05, 0.1) is 12.9 Å². The van der Waals surface area contributed by atoms with Crippen molar-refractivity contribution in [2.24, 2.45) is 0 Å². The fraction of sp³-hybridized carbons (Fsp3) is 0.148. The largest absolute Gasteiger partial charge is 0.493 e. The molecule has 0 aliphatic carbocycles. The van der Waals surface area contributed by atoms with E-state index in [0.29, 0.717) is 18.0 Å². The van der Waals surface area contributed by atoms with Crippen LogP contribution in [0.5, 0.6) is 5.75 Å². The molecule has 162 valence electrons. The summed E-state index contributed by atoms with van der Waals surface area (Å²) < 4.78 is 25.3.